The molecule has 0 radical (unpaired) electrons. The van der Waals surface area contributed by atoms with Gasteiger partial charge in [0.1, 0.15) is 5.82 Å². The number of rotatable bonds is 5. The van der Waals surface area contributed by atoms with Gasteiger partial charge < -0.3 is 10.2 Å². The summed E-state index contributed by atoms with van der Waals surface area (Å²) in [7, 11) is 0. The molecule has 4 nitrogen and oxygen atoms in total. The van der Waals surface area contributed by atoms with E-state index < -0.39 is 0 Å². The number of piperidine rings is 1. The van der Waals surface area contributed by atoms with Crippen molar-refractivity contribution >= 4 is 11.8 Å². The minimum absolute atomic E-state index is 0.00615. The molecular formula is C18H25FN2O2. The lowest BCUT2D eigenvalue weighted by Gasteiger charge is -2.32. The highest BCUT2D eigenvalue weighted by Gasteiger charge is 2.27. The van der Waals surface area contributed by atoms with E-state index in [9.17, 15) is 14.0 Å². The van der Waals surface area contributed by atoms with Gasteiger partial charge in [-0.25, -0.2) is 4.39 Å². The van der Waals surface area contributed by atoms with Gasteiger partial charge in [-0.2, -0.15) is 0 Å². The smallest absolute Gasteiger partial charge is 0.225 e. The van der Waals surface area contributed by atoms with Crippen molar-refractivity contribution in [3.63, 3.8) is 0 Å². The van der Waals surface area contributed by atoms with Gasteiger partial charge in [-0.3, -0.25) is 9.59 Å². The predicted molar refractivity (Wildman–Crippen MR) is 87.3 cm³/mol. The number of hydrogen-bond donors (Lipinski definition) is 1. The molecule has 0 atom stereocenters. The molecule has 0 aliphatic carbocycles. The molecule has 0 aromatic heterocycles. The maximum Gasteiger partial charge on any atom is 0.225 e. The van der Waals surface area contributed by atoms with E-state index in [-0.39, 0.29) is 29.5 Å². The van der Waals surface area contributed by atoms with E-state index in [0.29, 0.717) is 38.9 Å². The summed E-state index contributed by atoms with van der Waals surface area (Å²) in [4.78, 5) is 26.0. The first-order valence-corrected chi connectivity index (χ1v) is 8.28. The zero-order chi connectivity index (χ0) is 16.8. The summed E-state index contributed by atoms with van der Waals surface area (Å²) in [5, 5.41) is 2.92. The van der Waals surface area contributed by atoms with E-state index >= 15 is 0 Å². The lowest BCUT2D eigenvalue weighted by molar-refractivity contribution is -0.138. The van der Waals surface area contributed by atoms with Gasteiger partial charge in [0, 0.05) is 31.5 Å². The van der Waals surface area contributed by atoms with Crippen molar-refractivity contribution in [1.82, 2.24) is 10.2 Å². The zero-order valence-electron chi connectivity index (χ0n) is 13.8. The van der Waals surface area contributed by atoms with Gasteiger partial charge in [0.2, 0.25) is 11.8 Å². The topological polar surface area (TPSA) is 49.4 Å². The summed E-state index contributed by atoms with van der Waals surface area (Å²) in [6.07, 6.45) is 2.04. The Kier molecular flexibility index (Phi) is 6.13. The SMILES string of the molecule is CC(C)C(=O)N1CCC(C(=O)NCCc2cccc(F)c2)CC1. The van der Waals surface area contributed by atoms with E-state index in [1.165, 1.54) is 12.1 Å². The summed E-state index contributed by atoms with van der Waals surface area (Å²) < 4.78 is 13.1. The van der Waals surface area contributed by atoms with Crippen molar-refractivity contribution in [3.8, 4) is 0 Å². The summed E-state index contributed by atoms with van der Waals surface area (Å²) in [5.41, 5.74) is 0.877. The second-order valence-corrected chi connectivity index (χ2v) is 6.43. The van der Waals surface area contributed by atoms with Crippen LogP contribution in [0.15, 0.2) is 24.3 Å². The number of halogens is 1. The highest BCUT2D eigenvalue weighted by atomic mass is 19.1. The van der Waals surface area contributed by atoms with Gasteiger partial charge in [-0.15, -0.1) is 0 Å². The molecule has 23 heavy (non-hydrogen) atoms. The Morgan fingerprint density at radius 2 is 2.00 bits per heavy atom. The normalized spacial score (nSPS) is 15.7. The molecule has 1 heterocycles. The third-order valence-electron chi connectivity index (χ3n) is 4.27. The Labute approximate surface area is 137 Å². The molecule has 126 valence electrons. The minimum atomic E-state index is -0.254. The van der Waals surface area contributed by atoms with Crippen molar-refractivity contribution in [2.45, 2.75) is 33.1 Å². The Balaban J connectivity index is 1.72. The second-order valence-electron chi connectivity index (χ2n) is 6.43. The van der Waals surface area contributed by atoms with E-state index in [0.717, 1.165) is 5.56 Å². The summed E-state index contributed by atoms with van der Waals surface area (Å²) in [6.45, 7) is 5.60. The first-order valence-electron chi connectivity index (χ1n) is 8.28. The molecule has 0 saturated carbocycles. The number of benzene rings is 1. The molecule has 1 aromatic rings. The first-order chi connectivity index (χ1) is 11.0. The maximum absolute atomic E-state index is 13.1. The molecule has 5 heteroatoms. The number of hydrogen-bond acceptors (Lipinski definition) is 2. The van der Waals surface area contributed by atoms with Gasteiger partial charge in [-0.05, 0) is 37.0 Å². The standard InChI is InChI=1S/C18H25FN2O2/c1-13(2)18(23)21-10-7-15(8-11-21)17(22)20-9-6-14-4-3-5-16(19)12-14/h3-5,12-13,15H,6-11H2,1-2H3,(H,20,22). The molecule has 0 unspecified atom stereocenters. The van der Waals surface area contributed by atoms with Crippen LogP contribution in [0.1, 0.15) is 32.3 Å². The fourth-order valence-corrected chi connectivity index (χ4v) is 2.89. The van der Waals surface area contributed by atoms with Gasteiger partial charge in [0.05, 0.1) is 0 Å². The van der Waals surface area contributed by atoms with Gasteiger partial charge in [0.25, 0.3) is 0 Å². The Morgan fingerprint density at radius 3 is 2.61 bits per heavy atom. The van der Waals surface area contributed by atoms with Crippen molar-refractivity contribution < 1.29 is 14.0 Å². The number of carbonyl (C=O) groups excluding carboxylic acids is 2. The second kappa shape index (κ2) is 8.09. The minimum Gasteiger partial charge on any atom is -0.356 e. The Hall–Kier alpha value is -1.91. The van der Waals surface area contributed by atoms with Gasteiger partial charge >= 0.3 is 0 Å². The van der Waals surface area contributed by atoms with Crippen LogP contribution in [0.25, 0.3) is 0 Å². The maximum atomic E-state index is 13.1. The molecular weight excluding hydrogens is 295 g/mol. The van der Waals surface area contributed by atoms with Gasteiger partial charge in [0.15, 0.2) is 0 Å². The molecule has 1 aromatic carbocycles. The van der Waals surface area contributed by atoms with Crippen molar-refractivity contribution in [2.75, 3.05) is 19.6 Å². The average Bonchev–Trinajstić information content (AvgIpc) is 2.54. The summed E-state index contributed by atoms with van der Waals surface area (Å²) >= 11 is 0. The number of likely N-dealkylation sites (tertiary alicyclic amines) is 1. The third-order valence-corrected chi connectivity index (χ3v) is 4.27. The molecule has 1 aliphatic rings. The molecule has 1 fully saturated rings. The third kappa shape index (κ3) is 5.05. The molecule has 1 saturated heterocycles. The molecule has 2 amide bonds. The van der Waals surface area contributed by atoms with E-state index in [1.54, 1.807) is 6.07 Å². The zero-order valence-corrected chi connectivity index (χ0v) is 13.8. The van der Waals surface area contributed by atoms with Crippen LogP contribution in [-0.2, 0) is 16.0 Å². The lowest BCUT2D eigenvalue weighted by Crippen LogP contribution is -2.44. The van der Waals surface area contributed by atoms with Crippen LogP contribution in [0, 0.1) is 17.7 Å². The number of nitrogens with zero attached hydrogens (tertiary/aromatic N) is 1. The fourth-order valence-electron chi connectivity index (χ4n) is 2.89. The van der Waals surface area contributed by atoms with E-state index in [4.69, 9.17) is 0 Å². The first kappa shape index (κ1) is 17.4. The predicted octanol–water partition coefficient (Wildman–Crippen LogP) is 2.38. The van der Waals surface area contributed by atoms with Crippen LogP contribution < -0.4 is 5.32 Å². The highest BCUT2D eigenvalue weighted by Crippen LogP contribution is 2.19. The monoisotopic (exact) mass is 320 g/mol. The van der Waals surface area contributed by atoms with Crippen LogP contribution in [-0.4, -0.2) is 36.3 Å². The van der Waals surface area contributed by atoms with Crippen LogP contribution >= 0.6 is 0 Å². The molecule has 2 rings (SSSR count). The summed E-state index contributed by atoms with van der Waals surface area (Å²) in [5.74, 6) is -0.0746. The largest absolute Gasteiger partial charge is 0.356 e. The number of carbonyl (C=O) groups is 2. The van der Waals surface area contributed by atoms with Gasteiger partial charge in [-0.1, -0.05) is 26.0 Å². The molecule has 1 N–H and O–H groups in total. The fraction of sp³-hybridized carbons (Fsp3) is 0.556. The molecule has 0 bridgehead atoms. The average molecular weight is 320 g/mol. The van der Waals surface area contributed by atoms with Crippen molar-refractivity contribution in [1.29, 1.82) is 0 Å². The molecule has 0 spiro atoms. The Morgan fingerprint density at radius 1 is 1.30 bits per heavy atom. The van der Waals surface area contributed by atoms with E-state index in [1.807, 2.05) is 24.8 Å². The van der Waals surface area contributed by atoms with Crippen molar-refractivity contribution in [2.24, 2.45) is 11.8 Å². The van der Waals surface area contributed by atoms with Crippen LogP contribution in [0.4, 0.5) is 4.39 Å². The quantitative estimate of drug-likeness (QED) is 0.905. The highest BCUT2D eigenvalue weighted by molar-refractivity contribution is 5.80. The summed E-state index contributed by atoms with van der Waals surface area (Å²) in [6, 6.07) is 6.43. The Bertz CT molecular complexity index is 552. The number of amides is 2. The van der Waals surface area contributed by atoms with Crippen molar-refractivity contribution in [3.05, 3.63) is 35.6 Å². The van der Waals surface area contributed by atoms with Crippen LogP contribution in [0.2, 0.25) is 0 Å². The van der Waals surface area contributed by atoms with Crippen LogP contribution in [0.3, 0.4) is 0 Å². The molecule has 1 aliphatic heterocycles. The van der Waals surface area contributed by atoms with E-state index in [2.05, 4.69) is 5.32 Å². The number of nitrogens with one attached hydrogen (secondary N) is 1. The lowest BCUT2D eigenvalue weighted by atomic mass is 9.95. The van der Waals surface area contributed by atoms with Crippen LogP contribution in [0.5, 0.6) is 0 Å².